The molecule has 1 aromatic rings. The molecule has 0 aliphatic heterocycles. The van der Waals surface area contributed by atoms with Gasteiger partial charge in [0.1, 0.15) is 6.54 Å². The SMILES string of the molecule is CCCCCCNC(=O)Cn1ncc(Cl)c1C. The van der Waals surface area contributed by atoms with Crippen molar-refractivity contribution >= 4 is 17.5 Å². The van der Waals surface area contributed by atoms with Crippen LogP contribution in [0.15, 0.2) is 6.20 Å². The van der Waals surface area contributed by atoms with Crippen molar-refractivity contribution in [1.29, 1.82) is 0 Å². The molecule has 4 nitrogen and oxygen atoms in total. The Balaban J connectivity index is 2.23. The van der Waals surface area contributed by atoms with Gasteiger partial charge in [0.2, 0.25) is 5.91 Å². The minimum absolute atomic E-state index is 0.00985. The Morgan fingerprint density at radius 2 is 2.24 bits per heavy atom. The van der Waals surface area contributed by atoms with Crippen LogP contribution in [0.3, 0.4) is 0 Å². The third-order valence-electron chi connectivity index (χ3n) is 2.69. The van der Waals surface area contributed by atoms with Crippen LogP contribution in [0.1, 0.15) is 38.3 Å². The second-order valence-corrected chi connectivity index (χ2v) is 4.55. The molecule has 0 aromatic carbocycles. The normalized spacial score (nSPS) is 10.5. The van der Waals surface area contributed by atoms with Crippen LogP contribution in [0.2, 0.25) is 5.02 Å². The number of halogens is 1. The van der Waals surface area contributed by atoms with Crippen LogP contribution >= 0.6 is 11.6 Å². The quantitative estimate of drug-likeness (QED) is 0.763. The van der Waals surface area contributed by atoms with Crippen molar-refractivity contribution in [1.82, 2.24) is 15.1 Å². The Bertz CT molecular complexity index is 363. The minimum Gasteiger partial charge on any atom is -0.354 e. The molecule has 0 atom stereocenters. The lowest BCUT2D eigenvalue weighted by atomic mass is 10.2. The predicted molar refractivity (Wildman–Crippen MR) is 69.1 cm³/mol. The number of amides is 1. The largest absolute Gasteiger partial charge is 0.354 e. The zero-order chi connectivity index (χ0) is 12.7. The summed E-state index contributed by atoms with van der Waals surface area (Å²) in [6.45, 7) is 5.01. The van der Waals surface area contributed by atoms with E-state index < -0.39 is 0 Å². The van der Waals surface area contributed by atoms with Gasteiger partial charge >= 0.3 is 0 Å². The summed E-state index contributed by atoms with van der Waals surface area (Å²) in [5.41, 5.74) is 0.827. The average molecular weight is 258 g/mol. The van der Waals surface area contributed by atoms with Crippen LogP contribution in [0.4, 0.5) is 0 Å². The lowest BCUT2D eigenvalue weighted by molar-refractivity contribution is -0.121. The summed E-state index contributed by atoms with van der Waals surface area (Å²) >= 11 is 5.86. The molecule has 0 bridgehead atoms. The first-order chi connectivity index (χ1) is 8.15. The van der Waals surface area contributed by atoms with Gasteiger partial charge in [-0.2, -0.15) is 5.10 Å². The van der Waals surface area contributed by atoms with Crippen molar-refractivity contribution in [2.45, 2.75) is 46.1 Å². The molecule has 0 aliphatic carbocycles. The molecule has 0 aliphatic rings. The van der Waals surface area contributed by atoms with Crippen molar-refractivity contribution in [3.05, 3.63) is 16.9 Å². The third kappa shape index (κ3) is 4.77. The highest BCUT2D eigenvalue weighted by Crippen LogP contribution is 2.12. The van der Waals surface area contributed by atoms with E-state index in [-0.39, 0.29) is 12.5 Å². The fourth-order valence-electron chi connectivity index (χ4n) is 1.55. The molecule has 0 fully saturated rings. The maximum absolute atomic E-state index is 11.6. The van der Waals surface area contributed by atoms with E-state index in [1.165, 1.54) is 19.3 Å². The highest BCUT2D eigenvalue weighted by atomic mass is 35.5. The number of rotatable bonds is 7. The van der Waals surface area contributed by atoms with Crippen molar-refractivity contribution in [2.75, 3.05) is 6.54 Å². The lowest BCUT2D eigenvalue weighted by Gasteiger charge is -2.06. The van der Waals surface area contributed by atoms with Crippen LogP contribution in [-0.2, 0) is 11.3 Å². The van der Waals surface area contributed by atoms with Crippen molar-refractivity contribution in [3.8, 4) is 0 Å². The number of unbranched alkanes of at least 4 members (excludes halogenated alkanes) is 3. The van der Waals surface area contributed by atoms with Gasteiger partial charge in [-0.1, -0.05) is 37.8 Å². The second-order valence-electron chi connectivity index (χ2n) is 4.15. The van der Waals surface area contributed by atoms with Gasteiger partial charge in [-0.15, -0.1) is 0 Å². The van der Waals surface area contributed by atoms with Gasteiger partial charge in [0.15, 0.2) is 0 Å². The van der Waals surface area contributed by atoms with Crippen LogP contribution < -0.4 is 5.32 Å². The summed E-state index contributed by atoms with van der Waals surface area (Å²) in [5.74, 6) is -0.00985. The number of nitrogens with one attached hydrogen (secondary N) is 1. The number of hydrogen-bond donors (Lipinski definition) is 1. The fraction of sp³-hybridized carbons (Fsp3) is 0.667. The molecule has 1 N–H and O–H groups in total. The van der Waals surface area contributed by atoms with E-state index in [1.807, 2.05) is 6.92 Å². The molecule has 1 rings (SSSR count). The Labute approximate surface area is 107 Å². The van der Waals surface area contributed by atoms with Crippen molar-refractivity contribution in [2.24, 2.45) is 0 Å². The van der Waals surface area contributed by atoms with Gasteiger partial charge in [0, 0.05) is 6.54 Å². The van der Waals surface area contributed by atoms with Gasteiger partial charge in [0.05, 0.1) is 16.9 Å². The highest BCUT2D eigenvalue weighted by Gasteiger charge is 2.07. The molecule has 0 saturated heterocycles. The van der Waals surface area contributed by atoms with Crippen LogP contribution in [0.5, 0.6) is 0 Å². The third-order valence-corrected chi connectivity index (χ3v) is 3.06. The van der Waals surface area contributed by atoms with Gasteiger partial charge in [0.25, 0.3) is 0 Å². The van der Waals surface area contributed by atoms with E-state index >= 15 is 0 Å². The van der Waals surface area contributed by atoms with E-state index in [2.05, 4.69) is 17.3 Å². The molecule has 1 amide bonds. The predicted octanol–water partition coefficient (Wildman–Crippen LogP) is 2.54. The smallest absolute Gasteiger partial charge is 0.241 e. The summed E-state index contributed by atoms with van der Waals surface area (Å²) in [5, 5.41) is 7.52. The minimum atomic E-state index is -0.00985. The number of aromatic nitrogens is 2. The number of hydrogen-bond acceptors (Lipinski definition) is 2. The zero-order valence-electron chi connectivity index (χ0n) is 10.5. The van der Waals surface area contributed by atoms with E-state index in [1.54, 1.807) is 10.9 Å². The molecule has 0 spiro atoms. The molecule has 0 radical (unpaired) electrons. The van der Waals surface area contributed by atoms with Crippen molar-refractivity contribution in [3.63, 3.8) is 0 Å². The Morgan fingerprint density at radius 3 is 2.82 bits per heavy atom. The molecule has 0 unspecified atom stereocenters. The summed E-state index contributed by atoms with van der Waals surface area (Å²) in [6.07, 6.45) is 6.20. The lowest BCUT2D eigenvalue weighted by Crippen LogP contribution is -2.29. The average Bonchev–Trinajstić information content (AvgIpc) is 2.61. The summed E-state index contributed by atoms with van der Waals surface area (Å²) in [4.78, 5) is 11.6. The van der Waals surface area contributed by atoms with Crippen LogP contribution in [0, 0.1) is 6.92 Å². The molecule has 0 saturated carbocycles. The topological polar surface area (TPSA) is 46.9 Å². The number of carbonyl (C=O) groups is 1. The maximum atomic E-state index is 11.6. The van der Waals surface area contributed by atoms with E-state index in [4.69, 9.17) is 11.6 Å². The van der Waals surface area contributed by atoms with Gasteiger partial charge in [-0.05, 0) is 13.3 Å². The van der Waals surface area contributed by atoms with E-state index in [9.17, 15) is 4.79 Å². The molecule has 5 heteroatoms. The summed E-state index contributed by atoms with van der Waals surface area (Å²) in [7, 11) is 0. The Hall–Kier alpha value is -1.03. The molecular formula is C12H20ClN3O. The Morgan fingerprint density at radius 1 is 1.47 bits per heavy atom. The molecule has 1 heterocycles. The first kappa shape index (κ1) is 14.0. The van der Waals surface area contributed by atoms with E-state index in [0.29, 0.717) is 5.02 Å². The monoisotopic (exact) mass is 257 g/mol. The van der Waals surface area contributed by atoms with Crippen molar-refractivity contribution < 1.29 is 4.79 Å². The summed E-state index contributed by atoms with van der Waals surface area (Å²) in [6, 6.07) is 0. The first-order valence-corrected chi connectivity index (χ1v) is 6.47. The summed E-state index contributed by atoms with van der Waals surface area (Å²) < 4.78 is 1.61. The Kier molecular flexibility index (Phi) is 6.05. The molecule has 1 aromatic heterocycles. The van der Waals surface area contributed by atoms with Gasteiger partial charge in [-0.3, -0.25) is 9.48 Å². The molecule has 17 heavy (non-hydrogen) atoms. The fourth-order valence-corrected chi connectivity index (χ4v) is 1.70. The molecule has 96 valence electrons. The highest BCUT2D eigenvalue weighted by molar-refractivity contribution is 6.31. The number of nitrogens with zero attached hydrogens (tertiary/aromatic N) is 2. The number of carbonyl (C=O) groups excluding carboxylic acids is 1. The van der Waals surface area contributed by atoms with Crippen LogP contribution in [0.25, 0.3) is 0 Å². The second kappa shape index (κ2) is 7.33. The maximum Gasteiger partial charge on any atom is 0.241 e. The standard InChI is InChI=1S/C12H20ClN3O/c1-3-4-5-6-7-14-12(17)9-16-10(2)11(13)8-15-16/h8H,3-7,9H2,1-2H3,(H,14,17). The van der Waals surface area contributed by atoms with Crippen LogP contribution in [-0.4, -0.2) is 22.2 Å². The van der Waals surface area contributed by atoms with Gasteiger partial charge < -0.3 is 5.32 Å². The first-order valence-electron chi connectivity index (χ1n) is 6.09. The van der Waals surface area contributed by atoms with E-state index in [0.717, 1.165) is 18.7 Å². The van der Waals surface area contributed by atoms with Gasteiger partial charge in [-0.25, -0.2) is 0 Å². The molecular weight excluding hydrogens is 238 g/mol. The zero-order valence-corrected chi connectivity index (χ0v) is 11.3.